The summed E-state index contributed by atoms with van der Waals surface area (Å²) in [5.74, 6) is 0.438. The fourth-order valence-corrected chi connectivity index (χ4v) is 3.18. The summed E-state index contributed by atoms with van der Waals surface area (Å²) in [6, 6.07) is 4.79. The van der Waals surface area contributed by atoms with Gasteiger partial charge in [-0.2, -0.15) is 0 Å². The Morgan fingerprint density at radius 1 is 1.20 bits per heavy atom. The fourth-order valence-electron chi connectivity index (χ4n) is 2.66. The van der Waals surface area contributed by atoms with Gasteiger partial charge in [-0.05, 0) is 55.4 Å². The fraction of sp³-hybridized carbons (Fsp3) is 0.611. The maximum Gasteiger partial charge on any atom is 0.191 e. The smallest absolute Gasteiger partial charge is 0.191 e. The van der Waals surface area contributed by atoms with E-state index in [1.807, 2.05) is 13.0 Å². The lowest BCUT2D eigenvalue weighted by atomic mass is 9.79. The molecule has 25 heavy (non-hydrogen) atoms. The van der Waals surface area contributed by atoms with Gasteiger partial charge in [0.2, 0.25) is 0 Å². The van der Waals surface area contributed by atoms with Gasteiger partial charge in [-0.15, -0.1) is 24.0 Å². The van der Waals surface area contributed by atoms with E-state index in [4.69, 9.17) is 0 Å². The molecule has 3 N–H and O–H groups in total. The number of guanidine groups is 1. The Labute approximate surface area is 176 Å². The summed E-state index contributed by atoms with van der Waals surface area (Å²) < 4.78 is 14.2. The molecule has 0 fully saturated rings. The van der Waals surface area contributed by atoms with Crippen molar-refractivity contribution >= 4 is 45.9 Å². The van der Waals surface area contributed by atoms with E-state index in [9.17, 15) is 9.50 Å². The molecule has 7 heteroatoms. The molecule has 0 aromatic heterocycles. The highest BCUT2D eigenvalue weighted by molar-refractivity contribution is 14.0. The van der Waals surface area contributed by atoms with E-state index in [0.717, 1.165) is 37.9 Å². The van der Waals surface area contributed by atoms with Crippen LogP contribution in [0.1, 0.15) is 45.6 Å². The Morgan fingerprint density at radius 2 is 1.88 bits per heavy atom. The van der Waals surface area contributed by atoms with Gasteiger partial charge in [-0.25, -0.2) is 9.38 Å². The maximum atomic E-state index is 13.4. The monoisotopic (exact) mass is 529 g/mol. The number of hydrogen-bond acceptors (Lipinski definition) is 2. The third-order valence-corrected chi connectivity index (χ3v) is 4.92. The molecule has 0 heterocycles. The molecule has 4 nitrogen and oxygen atoms in total. The molecule has 0 bridgehead atoms. The third kappa shape index (κ3) is 8.68. The number of nitrogens with one attached hydrogen (secondary N) is 2. The molecule has 0 saturated carbocycles. The van der Waals surface area contributed by atoms with Gasteiger partial charge in [0.05, 0.1) is 6.54 Å². The minimum absolute atomic E-state index is 0. The van der Waals surface area contributed by atoms with Crippen LogP contribution >= 0.6 is 39.9 Å². The molecule has 1 rings (SSSR count). The minimum Gasteiger partial charge on any atom is -0.396 e. The topological polar surface area (TPSA) is 56.7 Å². The molecule has 0 spiro atoms. The Balaban J connectivity index is 0.00000576. The minimum atomic E-state index is -0.272. The van der Waals surface area contributed by atoms with Gasteiger partial charge in [-0.1, -0.05) is 29.8 Å². The summed E-state index contributed by atoms with van der Waals surface area (Å²) in [5, 5.41) is 15.9. The number of aliphatic hydroxyl groups is 1. The van der Waals surface area contributed by atoms with Crippen molar-refractivity contribution in [1.82, 2.24) is 10.6 Å². The highest BCUT2D eigenvalue weighted by Crippen LogP contribution is 2.29. The van der Waals surface area contributed by atoms with Gasteiger partial charge in [0.15, 0.2) is 5.96 Å². The zero-order valence-electron chi connectivity index (χ0n) is 15.2. The molecule has 0 atom stereocenters. The van der Waals surface area contributed by atoms with Gasteiger partial charge in [-0.3, -0.25) is 0 Å². The molecular formula is C18H30BrFIN3O. The number of halogens is 3. The van der Waals surface area contributed by atoms with Crippen LogP contribution in [0.3, 0.4) is 0 Å². The highest BCUT2D eigenvalue weighted by atomic mass is 127. The number of hydrogen-bond donors (Lipinski definition) is 3. The van der Waals surface area contributed by atoms with Crippen LogP contribution in [0.25, 0.3) is 0 Å². The van der Waals surface area contributed by atoms with Crippen molar-refractivity contribution in [1.29, 1.82) is 0 Å². The average Bonchev–Trinajstić information content (AvgIpc) is 2.55. The molecule has 1 aromatic carbocycles. The normalized spacial score (nSPS) is 11.8. The molecule has 0 saturated heterocycles. The molecule has 0 aliphatic heterocycles. The van der Waals surface area contributed by atoms with E-state index in [0.29, 0.717) is 17.0 Å². The van der Waals surface area contributed by atoms with E-state index in [2.05, 4.69) is 45.4 Å². The van der Waals surface area contributed by atoms with Crippen molar-refractivity contribution in [3.8, 4) is 0 Å². The van der Waals surface area contributed by atoms with E-state index >= 15 is 0 Å². The van der Waals surface area contributed by atoms with Crippen LogP contribution in [0.2, 0.25) is 0 Å². The first kappa shape index (κ1) is 24.6. The van der Waals surface area contributed by atoms with Crippen LogP contribution in [0.4, 0.5) is 4.39 Å². The van der Waals surface area contributed by atoms with Crippen LogP contribution in [0.15, 0.2) is 27.7 Å². The molecular weight excluding hydrogens is 500 g/mol. The van der Waals surface area contributed by atoms with Crippen molar-refractivity contribution in [2.24, 2.45) is 10.4 Å². The summed E-state index contributed by atoms with van der Waals surface area (Å²) in [6.07, 6.45) is 2.75. The predicted octanol–water partition coefficient (Wildman–Crippen LogP) is 4.45. The lowest BCUT2D eigenvalue weighted by Crippen LogP contribution is -2.43. The van der Waals surface area contributed by atoms with Crippen LogP contribution < -0.4 is 10.6 Å². The molecule has 0 aliphatic rings. The third-order valence-electron chi connectivity index (χ3n) is 4.46. The lowest BCUT2D eigenvalue weighted by Gasteiger charge is -2.32. The summed E-state index contributed by atoms with van der Waals surface area (Å²) in [7, 11) is 0. The average molecular weight is 530 g/mol. The number of aliphatic imine (C=N–C) groups is 1. The maximum absolute atomic E-state index is 13.4. The quantitative estimate of drug-likeness (QED) is 0.251. The summed E-state index contributed by atoms with van der Waals surface area (Å²) in [4.78, 5) is 4.54. The zero-order chi connectivity index (χ0) is 18.0. The van der Waals surface area contributed by atoms with Gasteiger partial charge < -0.3 is 15.7 Å². The second-order valence-electron chi connectivity index (χ2n) is 6.01. The second kappa shape index (κ2) is 12.9. The first-order valence-corrected chi connectivity index (χ1v) is 9.36. The van der Waals surface area contributed by atoms with Gasteiger partial charge in [0.25, 0.3) is 0 Å². The summed E-state index contributed by atoms with van der Waals surface area (Å²) in [6.45, 7) is 8.40. The number of rotatable bonds is 9. The van der Waals surface area contributed by atoms with Crippen LogP contribution in [-0.4, -0.2) is 30.8 Å². The SMILES string of the molecule is CCNC(=NCc1cc(F)cc(Br)c1)NCC(CC)(CC)CCO.I. The van der Waals surface area contributed by atoms with Crippen molar-refractivity contribution in [3.63, 3.8) is 0 Å². The first-order valence-electron chi connectivity index (χ1n) is 8.56. The van der Waals surface area contributed by atoms with E-state index in [1.54, 1.807) is 0 Å². The second-order valence-corrected chi connectivity index (χ2v) is 6.92. The number of nitrogens with zero attached hydrogens (tertiary/aromatic N) is 1. The number of benzene rings is 1. The van der Waals surface area contributed by atoms with Crippen molar-refractivity contribution in [2.45, 2.75) is 46.6 Å². The van der Waals surface area contributed by atoms with Gasteiger partial charge >= 0.3 is 0 Å². The van der Waals surface area contributed by atoms with E-state index < -0.39 is 0 Å². The van der Waals surface area contributed by atoms with Gasteiger partial charge in [0, 0.05) is 24.2 Å². The molecule has 0 amide bonds. The molecule has 0 unspecified atom stereocenters. The molecule has 144 valence electrons. The van der Waals surface area contributed by atoms with Crippen molar-refractivity contribution < 1.29 is 9.50 Å². The molecule has 1 aromatic rings. The Morgan fingerprint density at radius 3 is 2.40 bits per heavy atom. The Hall–Kier alpha value is -0.410. The highest BCUT2D eigenvalue weighted by Gasteiger charge is 2.25. The van der Waals surface area contributed by atoms with E-state index in [1.165, 1.54) is 12.1 Å². The van der Waals surface area contributed by atoms with Crippen molar-refractivity contribution in [2.75, 3.05) is 19.7 Å². The lowest BCUT2D eigenvalue weighted by molar-refractivity contribution is 0.169. The summed E-state index contributed by atoms with van der Waals surface area (Å²) in [5.41, 5.74) is 0.874. The standard InChI is InChI=1S/C18H29BrFN3O.HI/c1-4-18(5-2,7-8-24)13-23-17(21-6-3)22-12-14-9-15(19)11-16(20)10-14;/h9-11,24H,4-8,12-13H2,1-3H3,(H2,21,22,23);1H. The predicted molar refractivity (Wildman–Crippen MR) is 117 cm³/mol. The van der Waals surface area contributed by atoms with Crippen LogP contribution in [0.5, 0.6) is 0 Å². The molecule has 0 aliphatic carbocycles. The first-order chi connectivity index (χ1) is 11.5. The molecule has 0 radical (unpaired) electrons. The largest absolute Gasteiger partial charge is 0.396 e. The van der Waals surface area contributed by atoms with Gasteiger partial charge in [0.1, 0.15) is 5.82 Å². The zero-order valence-corrected chi connectivity index (χ0v) is 19.2. The Bertz CT molecular complexity index is 519. The summed E-state index contributed by atoms with van der Waals surface area (Å²) >= 11 is 3.30. The van der Waals surface area contributed by atoms with Crippen molar-refractivity contribution in [3.05, 3.63) is 34.1 Å². The van der Waals surface area contributed by atoms with Crippen LogP contribution in [-0.2, 0) is 6.54 Å². The van der Waals surface area contributed by atoms with Crippen LogP contribution in [0, 0.1) is 11.2 Å². The number of aliphatic hydroxyl groups excluding tert-OH is 1. The Kier molecular flexibility index (Phi) is 12.7. The van der Waals surface area contributed by atoms with E-state index in [-0.39, 0.29) is 41.8 Å².